The molecule has 21 heavy (non-hydrogen) atoms. The Morgan fingerprint density at radius 1 is 1.38 bits per heavy atom. The van der Waals surface area contributed by atoms with Gasteiger partial charge in [-0.1, -0.05) is 18.2 Å². The Hall–Kier alpha value is -1.42. The van der Waals surface area contributed by atoms with Crippen LogP contribution in [0, 0.1) is 11.3 Å². The van der Waals surface area contributed by atoms with Crippen LogP contribution in [0.2, 0.25) is 0 Å². The molecule has 0 spiro atoms. The zero-order valence-electron chi connectivity index (χ0n) is 11.9. The van der Waals surface area contributed by atoms with Crippen molar-refractivity contribution in [3.05, 3.63) is 30.3 Å². The summed E-state index contributed by atoms with van der Waals surface area (Å²) in [6.45, 7) is 1.40. The van der Waals surface area contributed by atoms with E-state index in [0.29, 0.717) is 13.0 Å². The van der Waals surface area contributed by atoms with Gasteiger partial charge in [0.15, 0.2) is 9.84 Å². The van der Waals surface area contributed by atoms with E-state index in [2.05, 4.69) is 6.07 Å². The second-order valence-electron chi connectivity index (χ2n) is 5.32. The summed E-state index contributed by atoms with van der Waals surface area (Å²) in [5.74, 6) is -0.273. The van der Waals surface area contributed by atoms with Crippen LogP contribution in [0.4, 0.5) is 0 Å². The summed E-state index contributed by atoms with van der Waals surface area (Å²) in [4.78, 5) is 2.26. The first kappa shape index (κ1) is 16.0. The summed E-state index contributed by atoms with van der Waals surface area (Å²) in [7, 11) is -3.48. The number of hydrogen-bond acceptors (Lipinski definition) is 5. The molecular formula is C15H20N2O3S. The van der Waals surface area contributed by atoms with Gasteiger partial charge in [0.1, 0.15) is 0 Å². The van der Waals surface area contributed by atoms with Crippen LogP contribution in [0.25, 0.3) is 0 Å². The molecule has 1 aromatic carbocycles. The number of nitriles is 1. The van der Waals surface area contributed by atoms with E-state index >= 15 is 0 Å². The Kier molecular flexibility index (Phi) is 5.34. The Labute approximate surface area is 125 Å². The van der Waals surface area contributed by atoms with Gasteiger partial charge in [-0.05, 0) is 31.5 Å². The number of likely N-dealkylation sites (tertiary alicyclic amines) is 1. The Morgan fingerprint density at radius 3 is 2.76 bits per heavy atom. The minimum Gasteiger partial charge on any atom is -0.390 e. The molecule has 1 heterocycles. The lowest BCUT2D eigenvalue weighted by atomic mass is 10.1. The number of benzene rings is 1. The van der Waals surface area contributed by atoms with Crippen LogP contribution in [0.5, 0.6) is 0 Å². The van der Waals surface area contributed by atoms with Crippen molar-refractivity contribution in [2.75, 3.05) is 18.8 Å². The highest BCUT2D eigenvalue weighted by molar-refractivity contribution is 7.91. The van der Waals surface area contributed by atoms with Gasteiger partial charge in [0, 0.05) is 19.0 Å². The summed E-state index contributed by atoms with van der Waals surface area (Å²) >= 11 is 0. The van der Waals surface area contributed by atoms with Gasteiger partial charge in [0.2, 0.25) is 0 Å². The van der Waals surface area contributed by atoms with Gasteiger partial charge < -0.3 is 5.11 Å². The number of rotatable bonds is 6. The lowest BCUT2D eigenvalue weighted by Gasteiger charge is -2.27. The van der Waals surface area contributed by atoms with Crippen molar-refractivity contribution in [2.45, 2.75) is 36.3 Å². The molecule has 6 heteroatoms. The van der Waals surface area contributed by atoms with Crippen LogP contribution in [0.1, 0.15) is 19.3 Å². The third kappa shape index (κ3) is 4.03. The quantitative estimate of drug-likeness (QED) is 0.854. The fourth-order valence-corrected chi connectivity index (χ4v) is 4.25. The number of nitrogens with zero attached hydrogens (tertiary/aromatic N) is 2. The van der Waals surface area contributed by atoms with Gasteiger partial charge in [-0.25, -0.2) is 8.42 Å². The molecule has 0 radical (unpaired) electrons. The monoisotopic (exact) mass is 308 g/mol. The Bertz CT molecular complexity index is 595. The van der Waals surface area contributed by atoms with Gasteiger partial charge in [0.05, 0.1) is 22.8 Å². The average molecular weight is 308 g/mol. The predicted molar refractivity (Wildman–Crippen MR) is 79.3 cm³/mol. The van der Waals surface area contributed by atoms with E-state index in [0.717, 1.165) is 19.4 Å². The third-order valence-electron chi connectivity index (χ3n) is 3.86. The van der Waals surface area contributed by atoms with Gasteiger partial charge in [-0.2, -0.15) is 5.26 Å². The normalized spacial score (nSPS) is 21.0. The number of aliphatic hydroxyl groups excluding tert-OH is 1. The fourth-order valence-electron chi connectivity index (χ4n) is 2.82. The Morgan fingerprint density at radius 2 is 2.10 bits per heavy atom. The second kappa shape index (κ2) is 7.03. The van der Waals surface area contributed by atoms with Crippen molar-refractivity contribution < 1.29 is 13.5 Å². The van der Waals surface area contributed by atoms with E-state index in [1.165, 1.54) is 0 Å². The van der Waals surface area contributed by atoms with Crippen molar-refractivity contribution in [3.8, 4) is 6.07 Å². The second-order valence-corrected chi connectivity index (χ2v) is 7.35. The van der Waals surface area contributed by atoms with E-state index in [1.807, 2.05) is 4.90 Å². The molecule has 1 N–H and O–H groups in total. The van der Waals surface area contributed by atoms with Crippen molar-refractivity contribution in [1.82, 2.24) is 4.90 Å². The highest BCUT2D eigenvalue weighted by Gasteiger charge is 2.33. The Balaban J connectivity index is 2.04. The van der Waals surface area contributed by atoms with Gasteiger partial charge >= 0.3 is 0 Å². The molecule has 0 unspecified atom stereocenters. The fraction of sp³-hybridized carbons (Fsp3) is 0.533. The van der Waals surface area contributed by atoms with E-state index in [-0.39, 0.29) is 16.7 Å². The summed E-state index contributed by atoms with van der Waals surface area (Å²) in [6.07, 6.45) is 1.18. The summed E-state index contributed by atoms with van der Waals surface area (Å²) in [6, 6.07) is 10.1. The standard InChI is InChI=1S/C15H20N2O3S/c16-9-5-11-17-10-4-8-14(17)15(18)12-21(19,20)13-6-2-1-3-7-13/h1-3,6-7,14-15,18H,4-5,8,10-12H2/t14-,15+/m0/s1. The maximum Gasteiger partial charge on any atom is 0.180 e. The number of aliphatic hydroxyl groups is 1. The lowest BCUT2D eigenvalue weighted by molar-refractivity contribution is 0.0900. The van der Waals surface area contributed by atoms with E-state index < -0.39 is 15.9 Å². The topological polar surface area (TPSA) is 81.4 Å². The zero-order valence-corrected chi connectivity index (χ0v) is 12.7. The van der Waals surface area contributed by atoms with Crippen LogP contribution < -0.4 is 0 Å². The van der Waals surface area contributed by atoms with Crippen LogP contribution in [-0.2, 0) is 9.84 Å². The van der Waals surface area contributed by atoms with E-state index in [9.17, 15) is 13.5 Å². The highest BCUT2D eigenvalue weighted by Crippen LogP contribution is 2.23. The largest absolute Gasteiger partial charge is 0.390 e. The maximum atomic E-state index is 12.3. The van der Waals surface area contributed by atoms with Crippen LogP contribution in [0.3, 0.4) is 0 Å². The molecule has 0 amide bonds. The first-order chi connectivity index (χ1) is 10.0. The molecule has 1 saturated heterocycles. The predicted octanol–water partition coefficient (Wildman–Crippen LogP) is 1.20. The SMILES string of the molecule is N#CCCN1CCC[C@H]1[C@H](O)CS(=O)(=O)c1ccccc1. The summed E-state index contributed by atoms with van der Waals surface area (Å²) < 4.78 is 24.6. The number of sulfone groups is 1. The van der Waals surface area contributed by atoms with Crippen LogP contribution in [-0.4, -0.2) is 49.4 Å². The molecule has 1 aliphatic rings. The zero-order chi connectivity index (χ0) is 15.3. The van der Waals surface area contributed by atoms with Gasteiger partial charge in [0.25, 0.3) is 0 Å². The van der Waals surface area contributed by atoms with Crippen molar-refractivity contribution >= 4 is 9.84 Å². The van der Waals surface area contributed by atoms with Crippen molar-refractivity contribution in [2.24, 2.45) is 0 Å². The molecule has 114 valence electrons. The molecule has 5 nitrogen and oxygen atoms in total. The third-order valence-corrected chi connectivity index (χ3v) is 5.63. The molecular weight excluding hydrogens is 288 g/mol. The van der Waals surface area contributed by atoms with E-state index in [4.69, 9.17) is 5.26 Å². The molecule has 0 bridgehead atoms. The minimum absolute atomic E-state index is 0.170. The first-order valence-corrected chi connectivity index (χ1v) is 8.76. The summed E-state index contributed by atoms with van der Waals surface area (Å²) in [5, 5.41) is 19.0. The molecule has 1 aliphatic heterocycles. The molecule has 1 fully saturated rings. The molecule has 0 aromatic heterocycles. The molecule has 2 rings (SSSR count). The summed E-state index contributed by atoms with van der Waals surface area (Å²) in [5.41, 5.74) is 0. The van der Waals surface area contributed by atoms with Gasteiger partial charge in [-0.3, -0.25) is 4.90 Å². The van der Waals surface area contributed by atoms with Crippen LogP contribution in [0.15, 0.2) is 35.2 Å². The molecule has 0 aliphatic carbocycles. The molecule has 0 saturated carbocycles. The maximum absolute atomic E-state index is 12.3. The highest BCUT2D eigenvalue weighted by atomic mass is 32.2. The lowest BCUT2D eigenvalue weighted by Crippen LogP contribution is -2.42. The molecule has 2 atom stereocenters. The smallest absolute Gasteiger partial charge is 0.180 e. The van der Waals surface area contributed by atoms with E-state index in [1.54, 1.807) is 30.3 Å². The van der Waals surface area contributed by atoms with Gasteiger partial charge in [-0.15, -0.1) is 0 Å². The average Bonchev–Trinajstić information content (AvgIpc) is 2.94. The first-order valence-electron chi connectivity index (χ1n) is 7.11. The van der Waals surface area contributed by atoms with Crippen molar-refractivity contribution in [1.29, 1.82) is 5.26 Å². The van der Waals surface area contributed by atoms with Crippen LogP contribution >= 0.6 is 0 Å². The minimum atomic E-state index is -3.48. The van der Waals surface area contributed by atoms with Crippen molar-refractivity contribution in [3.63, 3.8) is 0 Å². The number of hydrogen-bond donors (Lipinski definition) is 1. The molecule has 1 aromatic rings.